The third kappa shape index (κ3) is 1.35. The average molecular weight is 208 g/mol. The molecule has 0 N–H and O–H groups in total. The molecule has 2 rings (SSSR count). The number of thioether (sulfide) groups is 1. The maximum absolute atomic E-state index is 11.4. The van der Waals surface area contributed by atoms with Gasteiger partial charge in [-0.3, -0.25) is 0 Å². The molecule has 2 aromatic rings. The van der Waals surface area contributed by atoms with Crippen molar-refractivity contribution in [1.82, 2.24) is 0 Å². The Morgan fingerprint density at radius 1 is 1.07 bits per heavy atom. The zero-order valence-corrected chi connectivity index (χ0v) is 8.32. The van der Waals surface area contributed by atoms with E-state index in [0.29, 0.717) is 20.5 Å². The van der Waals surface area contributed by atoms with E-state index in [1.165, 1.54) is 24.2 Å². The predicted molar refractivity (Wildman–Crippen MR) is 53.6 cm³/mol. The van der Waals surface area contributed by atoms with Gasteiger partial charge in [-0.15, -0.1) is 11.8 Å². The average Bonchev–Trinajstić information content (AvgIpc) is 2.23. The van der Waals surface area contributed by atoms with Crippen molar-refractivity contribution in [3.8, 4) is 0 Å². The van der Waals surface area contributed by atoms with Crippen LogP contribution in [0.25, 0.3) is 11.0 Å². The van der Waals surface area contributed by atoms with Crippen LogP contribution in [0, 0.1) is 10.4 Å². The van der Waals surface area contributed by atoms with Gasteiger partial charge in [0.2, 0.25) is 12.4 Å². The minimum absolute atomic E-state index is 0.389. The molecule has 72 valence electrons. The first kappa shape index (κ1) is 9.08. The maximum atomic E-state index is 11.4. The fourth-order valence-electron chi connectivity index (χ4n) is 1.27. The highest BCUT2D eigenvalue weighted by atomic mass is 32.2. The zero-order chi connectivity index (χ0) is 10.1. The van der Waals surface area contributed by atoms with E-state index in [1.807, 2.05) is 12.3 Å². The molecule has 1 heterocycles. The lowest BCUT2D eigenvalue weighted by Crippen LogP contribution is -2.36. The van der Waals surface area contributed by atoms with Gasteiger partial charge in [-0.1, -0.05) is 0 Å². The number of rotatable bonds is 1. The summed E-state index contributed by atoms with van der Waals surface area (Å²) in [6, 6.07) is 5.19. The largest absolute Gasteiger partial charge is 0.618 e. The molecule has 0 aliphatic heterocycles. The summed E-state index contributed by atoms with van der Waals surface area (Å²) in [5.74, 6) is 0. The summed E-state index contributed by atoms with van der Waals surface area (Å²) in [6.45, 7) is 0. The van der Waals surface area contributed by atoms with Gasteiger partial charge in [0.25, 0.3) is 11.0 Å². The molecule has 0 saturated carbocycles. The van der Waals surface area contributed by atoms with Crippen molar-refractivity contribution in [2.24, 2.45) is 0 Å². The van der Waals surface area contributed by atoms with Crippen molar-refractivity contribution < 1.29 is 9.46 Å². The lowest BCUT2D eigenvalue weighted by Gasteiger charge is -2.03. The van der Waals surface area contributed by atoms with Crippen molar-refractivity contribution in [3.05, 3.63) is 41.0 Å². The van der Waals surface area contributed by atoms with Crippen LogP contribution in [-0.2, 0) is 0 Å². The van der Waals surface area contributed by atoms with E-state index >= 15 is 0 Å². The third-order valence-corrected chi connectivity index (χ3v) is 2.72. The molecule has 1 aromatic heterocycles. The highest BCUT2D eigenvalue weighted by Gasteiger charge is 2.12. The Bertz CT molecular complexity index is 487. The Kier molecular flexibility index (Phi) is 2.17. The van der Waals surface area contributed by atoms with Crippen LogP contribution in [0.2, 0.25) is 0 Å². The van der Waals surface area contributed by atoms with E-state index in [9.17, 15) is 10.4 Å². The highest BCUT2D eigenvalue weighted by Crippen LogP contribution is 2.17. The molecule has 0 radical (unpaired) electrons. The fourth-order valence-corrected chi connectivity index (χ4v) is 1.71. The minimum Gasteiger partial charge on any atom is -0.618 e. The normalized spacial score (nSPS) is 10.6. The molecule has 0 aliphatic carbocycles. The van der Waals surface area contributed by atoms with Gasteiger partial charge in [0.1, 0.15) is 0 Å². The van der Waals surface area contributed by atoms with Gasteiger partial charge in [0, 0.05) is 17.0 Å². The van der Waals surface area contributed by atoms with Crippen molar-refractivity contribution in [2.75, 3.05) is 6.26 Å². The van der Waals surface area contributed by atoms with Crippen LogP contribution >= 0.6 is 11.8 Å². The number of hydrogen-bond acceptors (Lipinski definition) is 3. The second-order valence-electron chi connectivity index (χ2n) is 2.80. The van der Waals surface area contributed by atoms with Crippen LogP contribution < -0.4 is 9.46 Å². The predicted octanol–water partition coefficient (Wildman–Crippen LogP) is 0.828. The van der Waals surface area contributed by atoms with E-state index < -0.39 is 0 Å². The molecular weight excluding hydrogens is 200 g/mol. The summed E-state index contributed by atoms with van der Waals surface area (Å²) in [5, 5.41) is 22.6. The Labute approximate surface area is 85.0 Å². The molecule has 4 nitrogen and oxygen atoms in total. The van der Waals surface area contributed by atoms with Crippen molar-refractivity contribution in [3.63, 3.8) is 0 Å². The van der Waals surface area contributed by atoms with Crippen LogP contribution in [-0.4, -0.2) is 6.26 Å². The molecule has 5 heteroatoms. The smallest absolute Gasteiger partial charge is 0.291 e. The Morgan fingerprint density at radius 3 is 2.36 bits per heavy atom. The Balaban J connectivity index is 2.80. The zero-order valence-electron chi connectivity index (χ0n) is 7.51. The third-order valence-electron chi connectivity index (χ3n) is 1.99. The second-order valence-corrected chi connectivity index (χ2v) is 3.68. The molecular formula is C9H8N2O2S. The van der Waals surface area contributed by atoms with Gasteiger partial charge < -0.3 is 10.4 Å². The van der Waals surface area contributed by atoms with Crippen LogP contribution in [0.15, 0.2) is 35.5 Å². The highest BCUT2D eigenvalue weighted by molar-refractivity contribution is 7.98. The van der Waals surface area contributed by atoms with Gasteiger partial charge in [-0.2, -0.15) is 9.46 Å². The first-order valence-corrected chi connectivity index (χ1v) is 5.24. The molecule has 0 unspecified atom stereocenters. The summed E-state index contributed by atoms with van der Waals surface area (Å²) >= 11 is 1.53. The van der Waals surface area contributed by atoms with E-state index in [0.717, 1.165) is 4.90 Å². The van der Waals surface area contributed by atoms with E-state index in [4.69, 9.17) is 0 Å². The fraction of sp³-hybridized carbons (Fsp3) is 0.111. The van der Waals surface area contributed by atoms with Gasteiger partial charge in [-0.05, 0) is 12.3 Å². The SMILES string of the molecule is CSc1ccc2c(c1)[n+]([O-])cc[n+]2[O-]. The molecule has 0 atom stereocenters. The number of aromatic nitrogens is 2. The van der Waals surface area contributed by atoms with E-state index in [1.54, 1.807) is 12.1 Å². The Hall–Kier alpha value is -1.49. The molecule has 0 aliphatic rings. The quantitative estimate of drug-likeness (QED) is 0.396. The lowest BCUT2D eigenvalue weighted by molar-refractivity contribution is -0.628. The summed E-state index contributed by atoms with van der Waals surface area (Å²) in [5.41, 5.74) is 0.787. The summed E-state index contributed by atoms with van der Waals surface area (Å²) in [7, 11) is 0. The monoisotopic (exact) mass is 208 g/mol. The van der Waals surface area contributed by atoms with Crippen LogP contribution in [0.1, 0.15) is 0 Å². The van der Waals surface area contributed by atoms with E-state index in [-0.39, 0.29) is 0 Å². The Morgan fingerprint density at radius 2 is 1.71 bits per heavy atom. The van der Waals surface area contributed by atoms with Gasteiger partial charge in [0.15, 0.2) is 0 Å². The molecule has 0 saturated heterocycles. The number of benzene rings is 1. The lowest BCUT2D eigenvalue weighted by atomic mass is 10.3. The minimum atomic E-state index is 0.389. The summed E-state index contributed by atoms with van der Waals surface area (Å²) < 4.78 is 1.39. The van der Waals surface area contributed by atoms with Gasteiger partial charge in [-0.25, -0.2) is 0 Å². The number of nitrogens with zero attached hydrogens (tertiary/aromatic N) is 2. The first-order chi connectivity index (χ1) is 6.72. The van der Waals surface area contributed by atoms with Crippen molar-refractivity contribution in [2.45, 2.75) is 4.90 Å². The molecule has 0 fully saturated rings. The molecule has 1 aromatic carbocycles. The summed E-state index contributed by atoms with van der Waals surface area (Å²) in [6.07, 6.45) is 4.33. The van der Waals surface area contributed by atoms with Crippen LogP contribution in [0.3, 0.4) is 0 Å². The number of hydrogen-bond donors (Lipinski definition) is 0. The maximum Gasteiger partial charge on any atom is 0.291 e. The molecule has 14 heavy (non-hydrogen) atoms. The molecule has 0 bridgehead atoms. The van der Waals surface area contributed by atoms with Crippen molar-refractivity contribution >= 4 is 22.8 Å². The molecule has 0 amide bonds. The van der Waals surface area contributed by atoms with Gasteiger partial charge >= 0.3 is 0 Å². The second kappa shape index (κ2) is 3.34. The van der Waals surface area contributed by atoms with E-state index in [2.05, 4.69) is 0 Å². The first-order valence-electron chi connectivity index (χ1n) is 4.01. The molecule has 0 spiro atoms. The standard InChI is InChI=1S/C9H8N2O2S/c1-14-7-2-3-8-9(6-7)11(13)5-4-10(8)12/h2-6H,1H3. The van der Waals surface area contributed by atoms with Crippen LogP contribution in [0.4, 0.5) is 0 Å². The van der Waals surface area contributed by atoms with Crippen molar-refractivity contribution in [1.29, 1.82) is 0 Å². The number of fused-ring (bicyclic) bond motifs is 1. The topological polar surface area (TPSA) is 53.9 Å². The van der Waals surface area contributed by atoms with Crippen LogP contribution in [0.5, 0.6) is 0 Å². The van der Waals surface area contributed by atoms with Gasteiger partial charge in [0.05, 0.1) is 0 Å². The summed E-state index contributed by atoms with van der Waals surface area (Å²) in [4.78, 5) is 0.966.